The summed E-state index contributed by atoms with van der Waals surface area (Å²) in [6, 6.07) is 0. The molecule has 1 heteroatoms. The van der Waals surface area contributed by atoms with Crippen LogP contribution < -0.4 is 5.32 Å². The Morgan fingerprint density at radius 3 is 2.05 bits per heavy atom. The van der Waals surface area contributed by atoms with E-state index in [1.165, 1.54) is 64.5 Å². The number of rotatable bonds is 5. The van der Waals surface area contributed by atoms with Crippen LogP contribution in [0.25, 0.3) is 0 Å². The Bertz CT molecular complexity index is 298. The average molecular weight is 294 g/mol. The topological polar surface area (TPSA) is 12.0 Å². The number of hydrogen-bond donors (Lipinski definition) is 1. The molecule has 0 saturated heterocycles. The molecule has 21 heavy (non-hydrogen) atoms. The fourth-order valence-corrected chi connectivity index (χ4v) is 4.94. The van der Waals surface area contributed by atoms with Gasteiger partial charge >= 0.3 is 0 Å². The van der Waals surface area contributed by atoms with E-state index in [9.17, 15) is 0 Å². The van der Waals surface area contributed by atoms with E-state index in [0.717, 1.165) is 17.8 Å². The summed E-state index contributed by atoms with van der Waals surface area (Å²) < 4.78 is 0. The minimum Gasteiger partial charge on any atom is -0.316 e. The first-order chi connectivity index (χ1) is 9.83. The molecule has 0 bridgehead atoms. The highest BCUT2D eigenvalue weighted by molar-refractivity contribution is 4.96. The summed E-state index contributed by atoms with van der Waals surface area (Å²) in [5.41, 5.74) is 1.14. The van der Waals surface area contributed by atoms with Crippen molar-refractivity contribution in [3.05, 3.63) is 0 Å². The molecule has 2 saturated carbocycles. The third-order valence-electron chi connectivity index (χ3n) is 6.46. The molecule has 0 amide bonds. The van der Waals surface area contributed by atoms with E-state index in [4.69, 9.17) is 0 Å². The normalized spacial score (nSPS) is 32.0. The van der Waals surface area contributed by atoms with E-state index in [1.54, 1.807) is 0 Å². The molecule has 0 unspecified atom stereocenters. The molecule has 0 aliphatic heterocycles. The maximum atomic E-state index is 3.83. The lowest BCUT2D eigenvalue weighted by Crippen LogP contribution is -2.44. The lowest BCUT2D eigenvalue weighted by atomic mass is 9.59. The average Bonchev–Trinajstić information content (AvgIpc) is 2.92. The maximum Gasteiger partial charge on any atom is 0.00106 e. The van der Waals surface area contributed by atoms with E-state index in [-0.39, 0.29) is 0 Å². The molecule has 0 aromatic heterocycles. The van der Waals surface area contributed by atoms with Crippen molar-refractivity contribution in [2.45, 2.75) is 86.0 Å². The monoisotopic (exact) mass is 293 g/mol. The highest BCUT2D eigenvalue weighted by Gasteiger charge is 2.44. The van der Waals surface area contributed by atoms with Crippen LogP contribution in [0.5, 0.6) is 0 Å². The van der Waals surface area contributed by atoms with Crippen molar-refractivity contribution >= 4 is 0 Å². The Labute approximate surface area is 133 Å². The summed E-state index contributed by atoms with van der Waals surface area (Å²) in [7, 11) is 0. The van der Waals surface area contributed by atoms with Crippen molar-refractivity contribution < 1.29 is 0 Å². The Morgan fingerprint density at radius 2 is 1.57 bits per heavy atom. The van der Waals surface area contributed by atoms with Gasteiger partial charge in [-0.25, -0.2) is 0 Å². The molecule has 0 heterocycles. The van der Waals surface area contributed by atoms with Crippen molar-refractivity contribution in [3.63, 3.8) is 0 Å². The van der Waals surface area contributed by atoms with Gasteiger partial charge in [0.1, 0.15) is 0 Å². The van der Waals surface area contributed by atoms with Crippen LogP contribution in [0, 0.1) is 28.6 Å². The molecule has 2 aliphatic rings. The van der Waals surface area contributed by atoms with Gasteiger partial charge in [-0.15, -0.1) is 0 Å². The highest BCUT2D eigenvalue weighted by Crippen LogP contribution is 2.52. The van der Waals surface area contributed by atoms with Gasteiger partial charge < -0.3 is 5.32 Å². The molecule has 0 aromatic rings. The molecule has 0 atom stereocenters. The van der Waals surface area contributed by atoms with Gasteiger partial charge in [0, 0.05) is 6.54 Å². The Hall–Kier alpha value is -0.0400. The molecule has 1 nitrogen and oxygen atoms in total. The molecule has 2 rings (SSSR count). The van der Waals surface area contributed by atoms with Crippen LogP contribution in [-0.2, 0) is 0 Å². The second-order valence-electron chi connectivity index (χ2n) is 9.51. The minimum absolute atomic E-state index is 0.507. The maximum absolute atomic E-state index is 3.83. The molecule has 2 fully saturated rings. The van der Waals surface area contributed by atoms with E-state index >= 15 is 0 Å². The highest BCUT2D eigenvalue weighted by atomic mass is 14.9. The van der Waals surface area contributed by atoms with E-state index < -0.39 is 0 Å². The van der Waals surface area contributed by atoms with Crippen LogP contribution in [0.2, 0.25) is 0 Å². The van der Waals surface area contributed by atoms with E-state index in [0.29, 0.717) is 10.8 Å². The lowest BCUT2D eigenvalue weighted by Gasteiger charge is -2.48. The predicted octanol–water partition coefficient (Wildman–Crippen LogP) is 5.64. The SMILES string of the molecule is CC(C)CNCC1(C2CCCC2)CCC(C(C)(C)C)CC1. The van der Waals surface area contributed by atoms with E-state index in [2.05, 4.69) is 39.9 Å². The van der Waals surface area contributed by atoms with Crippen LogP contribution >= 0.6 is 0 Å². The van der Waals surface area contributed by atoms with Crippen molar-refractivity contribution in [1.82, 2.24) is 5.32 Å². The van der Waals surface area contributed by atoms with Crippen molar-refractivity contribution in [2.24, 2.45) is 28.6 Å². The lowest BCUT2D eigenvalue weighted by molar-refractivity contribution is 0.0401. The summed E-state index contributed by atoms with van der Waals surface area (Å²) >= 11 is 0. The van der Waals surface area contributed by atoms with Gasteiger partial charge in [0.2, 0.25) is 0 Å². The van der Waals surface area contributed by atoms with Gasteiger partial charge in [0.05, 0.1) is 0 Å². The Balaban J connectivity index is 1.97. The first-order valence-corrected chi connectivity index (χ1v) is 9.54. The number of hydrogen-bond acceptors (Lipinski definition) is 1. The fourth-order valence-electron chi connectivity index (χ4n) is 4.94. The van der Waals surface area contributed by atoms with Gasteiger partial charge in [0.15, 0.2) is 0 Å². The Morgan fingerprint density at radius 1 is 1.00 bits per heavy atom. The summed E-state index contributed by atoms with van der Waals surface area (Å²) in [5.74, 6) is 2.73. The van der Waals surface area contributed by atoms with E-state index in [1.807, 2.05) is 0 Å². The zero-order valence-corrected chi connectivity index (χ0v) is 15.3. The van der Waals surface area contributed by atoms with Crippen LogP contribution in [-0.4, -0.2) is 13.1 Å². The molecule has 124 valence electrons. The van der Waals surface area contributed by atoms with Gasteiger partial charge in [-0.1, -0.05) is 47.5 Å². The largest absolute Gasteiger partial charge is 0.316 e. The second-order valence-corrected chi connectivity index (χ2v) is 9.51. The quantitative estimate of drug-likeness (QED) is 0.691. The summed E-state index contributed by atoms with van der Waals surface area (Å²) in [6.45, 7) is 14.5. The van der Waals surface area contributed by atoms with Crippen molar-refractivity contribution in [1.29, 1.82) is 0 Å². The van der Waals surface area contributed by atoms with Crippen molar-refractivity contribution in [2.75, 3.05) is 13.1 Å². The van der Waals surface area contributed by atoms with Crippen LogP contribution in [0.15, 0.2) is 0 Å². The van der Waals surface area contributed by atoms with Gasteiger partial charge in [0.25, 0.3) is 0 Å². The van der Waals surface area contributed by atoms with Gasteiger partial charge in [-0.3, -0.25) is 0 Å². The summed E-state index contributed by atoms with van der Waals surface area (Å²) in [5, 5.41) is 3.83. The standard InChI is InChI=1S/C20H39N/c1-16(2)14-21-15-20(18-8-6-7-9-18)12-10-17(11-13-20)19(3,4)5/h16-18,21H,6-15H2,1-5H3. The van der Waals surface area contributed by atoms with Gasteiger partial charge in [-0.2, -0.15) is 0 Å². The van der Waals surface area contributed by atoms with Crippen LogP contribution in [0.3, 0.4) is 0 Å². The fraction of sp³-hybridized carbons (Fsp3) is 1.00. The molecule has 0 spiro atoms. The Kier molecular flexibility index (Phi) is 5.79. The van der Waals surface area contributed by atoms with Crippen molar-refractivity contribution in [3.8, 4) is 0 Å². The third-order valence-corrected chi connectivity index (χ3v) is 6.46. The molecule has 1 N–H and O–H groups in total. The minimum atomic E-state index is 0.507. The number of nitrogens with one attached hydrogen (secondary N) is 1. The zero-order chi connectivity index (χ0) is 15.5. The summed E-state index contributed by atoms with van der Waals surface area (Å²) in [6.07, 6.45) is 11.9. The molecule has 0 radical (unpaired) electrons. The summed E-state index contributed by atoms with van der Waals surface area (Å²) in [4.78, 5) is 0. The molecular formula is C20H39N. The van der Waals surface area contributed by atoms with Crippen LogP contribution in [0.4, 0.5) is 0 Å². The third kappa shape index (κ3) is 4.47. The second kappa shape index (κ2) is 7.02. The predicted molar refractivity (Wildman–Crippen MR) is 93.5 cm³/mol. The van der Waals surface area contributed by atoms with Crippen LogP contribution in [0.1, 0.15) is 86.0 Å². The molecule has 2 aliphatic carbocycles. The zero-order valence-electron chi connectivity index (χ0n) is 15.3. The first kappa shape index (κ1) is 17.3. The van der Waals surface area contributed by atoms with Gasteiger partial charge in [-0.05, 0) is 73.7 Å². The first-order valence-electron chi connectivity index (χ1n) is 9.54. The molecular weight excluding hydrogens is 254 g/mol. The smallest absolute Gasteiger partial charge is 0.00106 e. The molecule has 0 aromatic carbocycles.